The molecule has 0 saturated carbocycles. The number of ketones is 1. The summed E-state index contributed by atoms with van der Waals surface area (Å²) in [5.41, 5.74) is 0.614. The van der Waals surface area contributed by atoms with Crippen molar-refractivity contribution in [1.29, 1.82) is 0 Å². The fraction of sp³-hybridized carbons (Fsp3) is 0.500. The van der Waals surface area contributed by atoms with Crippen LogP contribution in [0.15, 0.2) is 30.5 Å². The second kappa shape index (κ2) is 9.54. The van der Waals surface area contributed by atoms with E-state index in [1.807, 2.05) is 18.2 Å². The Balaban J connectivity index is 1.64. The number of carbonyl (C=O) groups excluding carboxylic acids is 2. The van der Waals surface area contributed by atoms with Crippen molar-refractivity contribution in [1.82, 2.24) is 9.88 Å². The normalized spacial score (nSPS) is 18.9. The largest absolute Gasteiger partial charge is 0.497 e. The molecule has 1 aliphatic rings. The Morgan fingerprint density at radius 3 is 2.62 bits per heavy atom. The van der Waals surface area contributed by atoms with E-state index in [4.69, 9.17) is 9.47 Å². The molecule has 1 fully saturated rings. The van der Waals surface area contributed by atoms with Crippen molar-refractivity contribution < 1.29 is 29.0 Å². The maximum Gasteiger partial charge on any atom is 0.410 e. The van der Waals surface area contributed by atoms with Crippen molar-refractivity contribution >= 4 is 28.7 Å². The highest BCUT2D eigenvalue weighted by Gasteiger charge is 2.37. The predicted octanol–water partition coefficient (Wildman–Crippen LogP) is 4.16. The third-order valence-corrected chi connectivity index (χ3v) is 5.68. The minimum absolute atomic E-state index is 0.0825. The van der Waals surface area contributed by atoms with Crippen molar-refractivity contribution in [3.8, 4) is 5.75 Å². The molecule has 32 heavy (non-hydrogen) atoms. The zero-order chi connectivity index (χ0) is 23.5. The zero-order valence-electron chi connectivity index (χ0n) is 19.0. The maximum absolute atomic E-state index is 12.8. The number of rotatable bonds is 6. The average Bonchev–Trinajstić information content (AvgIpc) is 2.75. The van der Waals surface area contributed by atoms with Crippen LogP contribution in [0, 0.1) is 11.8 Å². The van der Waals surface area contributed by atoms with Gasteiger partial charge in [-0.25, -0.2) is 4.79 Å². The first-order valence-electron chi connectivity index (χ1n) is 10.7. The number of hydrogen-bond donors (Lipinski definition) is 1. The lowest BCUT2D eigenvalue weighted by Crippen LogP contribution is -2.48. The quantitative estimate of drug-likeness (QED) is 0.670. The smallest absolute Gasteiger partial charge is 0.410 e. The summed E-state index contributed by atoms with van der Waals surface area (Å²) in [5, 5.41) is 10.5. The number of carboxylic acid groups (broad SMARTS) is 1. The van der Waals surface area contributed by atoms with Crippen LogP contribution in [0.25, 0.3) is 10.9 Å². The van der Waals surface area contributed by atoms with Gasteiger partial charge in [-0.3, -0.25) is 14.6 Å². The number of amides is 1. The molecule has 3 rings (SSSR count). The van der Waals surface area contributed by atoms with Crippen LogP contribution in [-0.4, -0.2) is 58.6 Å². The van der Waals surface area contributed by atoms with Crippen molar-refractivity contribution in [2.75, 3.05) is 20.2 Å². The molecular formula is C24H30N2O6. The highest BCUT2D eigenvalue weighted by Crippen LogP contribution is 2.30. The molecule has 0 spiro atoms. The monoisotopic (exact) mass is 442 g/mol. The van der Waals surface area contributed by atoms with Crippen LogP contribution in [0.1, 0.15) is 50.4 Å². The molecule has 2 aromatic rings. The van der Waals surface area contributed by atoms with E-state index < -0.39 is 23.6 Å². The SMILES string of the molecule is COc1ccc2ncc(C(=O)CC[C@@H]3CCN(C(=O)OC(C)(C)C)C[C@@H]3C(=O)O)cc2c1. The number of carboxylic acids is 1. The van der Waals surface area contributed by atoms with Crippen molar-refractivity contribution in [2.45, 2.75) is 45.6 Å². The standard InChI is InChI=1S/C24H30N2O6/c1-24(2,3)32-23(30)26-10-9-15(19(14-26)22(28)29)5-8-21(27)17-11-16-12-18(31-4)6-7-20(16)25-13-17/h6-7,11-13,15,19H,5,8-10,14H2,1-4H3,(H,28,29)/t15-,19+/m1/s1. The third kappa shape index (κ3) is 5.75. The Bertz CT molecular complexity index is 1010. The fourth-order valence-corrected chi connectivity index (χ4v) is 3.97. The number of piperidine rings is 1. The van der Waals surface area contributed by atoms with Crippen LogP contribution in [0.5, 0.6) is 5.75 Å². The Labute approximate surface area is 187 Å². The van der Waals surface area contributed by atoms with Gasteiger partial charge in [-0.2, -0.15) is 0 Å². The molecule has 1 aromatic carbocycles. The van der Waals surface area contributed by atoms with Gasteiger partial charge in [0.2, 0.25) is 0 Å². The van der Waals surface area contributed by atoms with Gasteiger partial charge in [0, 0.05) is 36.7 Å². The van der Waals surface area contributed by atoms with E-state index in [2.05, 4.69) is 4.98 Å². The average molecular weight is 443 g/mol. The van der Waals surface area contributed by atoms with Gasteiger partial charge in [0.15, 0.2) is 5.78 Å². The number of benzene rings is 1. The van der Waals surface area contributed by atoms with E-state index in [-0.39, 0.29) is 24.7 Å². The van der Waals surface area contributed by atoms with Crippen LogP contribution in [-0.2, 0) is 9.53 Å². The van der Waals surface area contributed by atoms with E-state index >= 15 is 0 Å². The lowest BCUT2D eigenvalue weighted by molar-refractivity contribution is -0.145. The Kier molecular flexibility index (Phi) is 7.01. The van der Waals surface area contributed by atoms with Gasteiger partial charge >= 0.3 is 12.1 Å². The van der Waals surface area contributed by atoms with Gasteiger partial charge in [0.05, 0.1) is 18.5 Å². The Hall–Kier alpha value is -3.16. The van der Waals surface area contributed by atoms with Crippen molar-refractivity contribution in [3.05, 3.63) is 36.0 Å². The second-order valence-electron chi connectivity index (χ2n) is 9.16. The molecule has 172 valence electrons. The number of methoxy groups -OCH3 is 1. The molecule has 2 atom stereocenters. The summed E-state index contributed by atoms with van der Waals surface area (Å²) in [6, 6.07) is 7.25. The lowest BCUT2D eigenvalue weighted by Gasteiger charge is -2.37. The molecular weight excluding hydrogens is 412 g/mol. The van der Waals surface area contributed by atoms with E-state index in [0.29, 0.717) is 30.7 Å². The first-order chi connectivity index (χ1) is 15.1. The molecule has 1 N–H and O–H groups in total. The van der Waals surface area contributed by atoms with E-state index in [1.165, 1.54) is 4.90 Å². The van der Waals surface area contributed by atoms with Gasteiger partial charge < -0.3 is 19.5 Å². The third-order valence-electron chi connectivity index (χ3n) is 5.68. The number of nitrogens with zero attached hydrogens (tertiary/aromatic N) is 2. The summed E-state index contributed by atoms with van der Waals surface area (Å²) in [6.45, 7) is 5.82. The Morgan fingerprint density at radius 2 is 1.97 bits per heavy atom. The van der Waals surface area contributed by atoms with Crippen LogP contribution in [0.3, 0.4) is 0 Å². The van der Waals surface area contributed by atoms with Crippen LogP contribution in [0.2, 0.25) is 0 Å². The summed E-state index contributed by atoms with van der Waals surface area (Å²) in [7, 11) is 1.58. The molecule has 1 amide bonds. The summed E-state index contributed by atoms with van der Waals surface area (Å²) < 4.78 is 10.6. The molecule has 8 nitrogen and oxygen atoms in total. The van der Waals surface area contributed by atoms with Crippen molar-refractivity contribution in [3.63, 3.8) is 0 Å². The Morgan fingerprint density at radius 1 is 1.22 bits per heavy atom. The van der Waals surface area contributed by atoms with Crippen LogP contribution >= 0.6 is 0 Å². The molecule has 0 aliphatic carbocycles. The molecule has 0 bridgehead atoms. The number of likely N-dealkylation sites (tertiary alicyclic amines) is 1. The highest BCUT2D eigenvalue weighted by atomic mass is 16.6. The predicted molar refractivity (Wildman–Crippen MR) is 119 cm³/mol. The summed E-state index contributed by atoms with van der Waals surface area (Å²) in [6.07, 6.45) is 2.22. The number of aromatic nitrogens is 1. The number of hydrogen-bond acceptors (Lipinski definition) is 6. The fourth-order valence-electron chi connectivity index (χ4n) is 3.97. The number of ether oxygens (including phenoxy) is 2. The number of Topliss-reactive ketones (excluding diaryl/α,β-unsaturated/α-hetero) is 1. The minimum atomic E-state index is -0.963. The molecule has 0 radical (unpaired) electrons. The molecule has 1 aliphatic heterocycles. The first kappa shape index (κ1) is 23.5. The van der Waals surface area contributed by atoms with E-state index in [9.17, 15) is 19.5 Å². The lowest BCUT2D eigenvalue weighted by atomic mass is 9.81. The second-order valence-corrected chi connectivity index (χ2v) is 9.16. The summed E-state index contributed by atoms with van der Waals surface area (Å²) in [5.74, 6) is -1.28. The number of aliphatic carboxylic acids is 1. The topological polar surface area (TPSA) is 106 Å². The van der Waals surface area contributed by atoms with E-state index in [1.54, 1.807) is 40.1 Å². The van der Waals surface area contributed by atoms with Gasteiger partial charge in [0.1, 0.15) is 11.4 Å². The molecule has 2 heterocycles. The van der Waals surface area contributed by atoms with Crippen LogP contribution < -0.4 is 4.74 Å². The summed E-state index contributed by atoms with van der Waals surface area (Å²) in [4.78, 5) is 42.8. The minimum Gasteiger partial charge on any atom is -0.497 e. The molecule has 1 saturated heterocycles. The van der Waals surface area contributed by atoms with Gasteiger partial charge in [-0.15, -0.1) is 0 Å². The van der Waals surface area contributed by atoms with Crippen molar-refractivity contribution in [2.24, 2.45) is 11.8 Å². The van der Waals surface area contributed by atoms with Gasteiger partial charge in [-0.1, -0.05) is 0 Å². The van der Waals surface area contributed by atoms with E-state index in [0.717, 1.165) is 10.9 Å². The molecule has 8 heteroatoms. The highest BCUT2D eigenvalue weighted by molar-refractivity contribution is 5.99. The molecule has 0 unspecified atom stereocenters. The number of pyridine rings is 1. The molecule has 1 aromatic heterocycles. The first-order valence-corrected chi connectivity index (χ1v) is 10.7. The van der Waals surface area contributed by atoms with Crippen LogP contribution in [0.4, 0.5) is 4.79 Å². The maximum atomic E-state index is 12.8. The van der Waals surface area contributed by atoms with Gasteiger partial charge in [0.25, 0.3) is 0 Å². The van der Waals surface area contributed by atoms with Gasteiger partial charge in [-0.05, 0) is 63.8 Å². The number of carbonyl (C=O) groups is 3. The zero-order valence-corrected chi connectivity index (χ0v) is 19.0. The summed E-state index contributed by atoms with van der Waals surface area (Å²) >= 11 is 0. The number of fused-ring (bicyclic) bond motifs is 1.